The fraction of sp³-hybridized carbons (Fsp3) is 0.208. The lowest BCUT2D eigenvalue weighted by molar-refractivity contribution is -0.118. The van der Waals surface area contributed by atoms with Crippen molar-refractivity contribution in [2.45, 2.75) is 24.9 Å². The number of hydrogen-bond acceptors (Lipinski definition) is 4. The van der Waals surface area contributed by atoms with E-state index < -0.39 is 5.41 Å². The monoisotopic (exact) mass is 407 g/mol. The van der Waals surface area contributed by atoms with Gasteiger partial charge in [0.2, 0.25) is 12.7 Å². The van der Waals surface area contributed by atoms with Gasteiger partial charge in [-0.2, -0.15) is 0 Å². The van der Waals surface area contributed by atoms with Gasteiger partial charge in [-0.25, -0.2) is 4.39 Å². The van der Waals surface area contributed by atoms with Crippen LogP contribution < -0.4 is 14.8 Å². The third kappa shape index (κ3) is 3.19. The molecule has 0 saturated heterocycles. The number of aliphatic hydroxyl groups is 1. The van der Waals surface area contributed by atoms with Crippen LogP contribution in [0.15, 0.2) is 60.7 Å². The van der Waals surface area contributed by atoms with Gasteiger partial charge in [0.25, 0.3) is 0 Å². The minimum atomic E-state index is -0.605. The van der Waals surface area contributed by atoms with Gasteiger partial charge in [-0.15, -0.1) is 0 Å². The average molecular weight is 407 g/mol. The molecule has 30 heavy (non-hydrogen) atoms. The third-order valence-corrected chi connectivity index (χ3v) is 5.75. The van der Waals surface area contributed by atoms with Crippen molar-refractivity contribution < 1.29 is 25.2 Å². The molecule has 3 aromatic rings. The molecule has 2 N–H and O–H groups in total. The summed E-state index contributed by atoms with van der Waals surface area (Å²) >= 11 is 0. The van der Waals surface area contributed by atoms with Crippen LogP contribution in [-0.2, 0) is 16.8 Å². The zero-order chi connectivity index (χ0) is 20.7. The number of ether oxygens (including phenoxy) is 2. The van der Waals surface area contributed by atoms with Crippen molar-refractivity contribution in [2.24, 2.45) is 0 Å². The molecule has 2 aliphatic rings. The summed E-state index contributed by atoms with van der Waals surface area (Å²) in [5.74, 6) is 0.825. The van der Waals surface area contributed by atoms with Crippen molar-refractivity contribution in [1.29, 1.82) is 0 Å². The first-order valence-electron chi connectivity index (χ1n) is 9.80. The molecule has 0 spiro atoms. The second-order valence-corrected chi connectivity index (χ2v) is 7.66. The molecule has 5 nitrogen and oxygen atoms in total. The van der Waals surface area contributed by atoms with E-state index in [0.29, 0.717) is 33.9 Å². The maximum Gasteiger partial charge on any atom is 0.235 e. The van der Waals surface area contributed by atoms with Crippen LogP contribution in [0.3, 0.4) is 0 Å². The van der Waals surface area contributed by atoms with E-state index in [4.69, 9.17) is 9.47 Å². The molecule has 0 aromatic heterocycles. The summed E-state index contributed by atoms with van der Waals surface area (Å²) in [7, 11) is 0. The highest BCUT2D eigenvalue weighted by molar-refractivity contribution is 6.01. The Balaban J connectivity index is 0.00000231. The second kappa shape index (κ2) is 7.15. The lowest BCUT2D eigenvalue weighted by atomic mass is 9.94. The van der Waals surface area contributed by atoms with Gasteiger partial charge in [-0.3, -0.25) is 4.79 Å². The van der Waals surface area contributed by atoms with E-state index in [1.807, 2.05) is 18.2 Å². The molecule has 0 atom stereocenters. The van der Waals surface area contributed by atoms with Crippen molar-refractivity contribution in [3.63, 3.8) is 0 Å². The van der Waals surface area contributed by atoms with Gasteiger partial charge >= 0.3 is 0 Å². The van der Waals surface area contributed by atoms with Crippen LogP contribution in [0.2, 0.25) is 0 Å². The normalized spacial score (nSPS) is 15.7. The van der Waals surface area contributed by atoms with Crippen LogP contribution >= 0.6 is 0 Å². The minimum Gasteiger partial charge on any atom is -0.454 e. The topological polar surface area (TPSA) is 67.8 Å². The first kappa shape index (κ1) is 18.6. The standard InChI is InChI=1S/C24H20FNO4.H2/c25-20-6-5-18(12-19(20)16-3-1-2-15(10-16)13-27)26-23(28)24(8-9-24)17-4-7-21-22(11-17)30-14-29-21;/h1-7,10-12,27H,8-9,13-14H2,(H,26,28);1H. The van der Waals surface area contributed by atoms with Crippen LogP contribution in [0, 0.1) is 5.82 Å². The number of hydrogen-bond donors (Lipinski definition) is 2. The molecule has 0 radical (unpaired) electrons. The van der Waals surface area contributed by atoms with E-state index in [2.05, 4.69) is 5.32 Å². The SMILES string of the molecule is O=C(Nc1ccc(F)c(-c2cccc(CO)c2)c1)C1(c2ccc3c(c2)OCO3)CC1.[HH]. The summed E-state index contributed by atoms with van der Waals surface area (Å²) < 4.78 is 25.3. The molecule has 1 heterocycles. The van der Waals surface area contributed by atoms with E-state index in [0.717, 1.165) is 18.4 Å². The minimum absolute atomic E-state index is 0. The summed E-state index contributed by atoms with van der Waals surface area (Å²) in [5, 5.41) is 12.3. The molecule has 1 fully saturated rings. The van der Waals surface area contributed by atoms with Gasteiger partial charge in [0.1, 0.15) is 5.82 Å². The third-order valence-electron chi connectivity index (χ3n) is 5.75. The van der Waals surface area contributed by atoms with E-state index >= 15 is 0 Å². The highest BCUT2D eigenvalue weighted by Gasteiger charge is 2.51. The Bertz CT molecular complexity index is 1150. The number of anilines is 1. The van der Waals surface area contributed by atoms with Crippen LogP contribution in [-0.4, -0.2) is 17.8 Å². The predicted molar refractivity (Wildman–Crippen MR) is 112 cm³/mol. The molecule has 1 aliphatic carbocycles. The molecule has 1 amide bonds. The summed E-state index contributed by atoms with van der Waals surface area (Å²) in [4.78, 5) is 13.1. The number of nitrogens with one attached hydrogen (secondary N) is 1. The molecule has 0 unspecified atom stereocenters. The molecule has 1 aliphatic heterocycles. The Kier molecular flexibility index (Phi) is 4.44. The number of benzene rings is 3. The molecule has 154 valence electrons. The highest BCUT2D eigenvalue weighted by Crippen LogP contribution is 2.51. The summed E-state index contributed by atoms with van der Waals surface area (Å²) in [5.41, 5.74) is 2.52. The average Bonchev–Trinajstić information content (AvgIpc) is 3.46. The molecule has 0 bridgehead atoms. The molecular weight excluding hydrogens is 385 g/mol. The Hall–Kier alpha value is -3.38. The summed E-state index contributed by atoms with van der Waals surface area (Å²) in [6, 6.07) is 17.2. The zero-order valence-electron chi connectivity index (χ0n) is 16.2. The number of rotatable bonds is 5. The molecule has 3 aromatic carbocycles. The fourth-order valence-corrected chi connectivity index (χ4v) is 3.88. The van der Waals surface area contributed by atoms with Crippen LogP contribution in [0.25, 0.3) is 11.1 Å². The van der Waals surface area contributed by atoms with Crippen LogP contribution in [0.5, 0.6) is 11.5 Å². The van der Waals surface area contributed by atoms with Gasteiger partial charge in [0, 0.05) is 12.7 Å². The number of carbonyl (C=O) groups excluding carboxylic acids is 1. The van der Waals surface area contributed by atoms with Gasteiger partial charge < -0.3 is 19.9 Å². The second-order valence-electron chi connectivity index (χ2n) is 7.66. The van der Waals surface area contributed by atoms with Crippen molar-refractivity contribution >= 4 is 11.6 Å². The zero-order valence-corrected chi connectivity index (χ0v) is 16.2. The van der Waals surface area contributed by atoms with Crippen molar-refractivity contribution in [3.05, 3.63) is 77.6 Å². The summed E-state index contributed by atoms with van der Waals surface area (Å²) in [6.45, 7) is 0.0672. The van der Waals surface area contributed by atoms with Crippen molar-refractivity contribution in [1.82, 2.24) is 0 Å². The smallest absolute Gasteiger partial charge is 0.235 e. The largest absolute Gasteiger partial charge is 0.454 e. The first-order valence-corrected chi connectivity index (χ1v) is 9.80. The highest BCUT2D eigenvalue weighted by atomic mass is 19.1. The quantitative estimate of drug-likeness (QED) is 0.647. The number of carbonyl (C=O) groups is 1. The van der Waals surface area contributed by atoms with Crippen LogP contribution in [0.4, 0.5) is 10.1 Å². The van der Waals surface area contributed by atoms with Gasteiger partial charge in [0.05, 0.1) is 12.0 Å². The van der Waals surface area contributed by atoms with E-state index in [1.54, 1.807) is 36.4 Å². The fourth-order valence-electron chi connectivity index (χ4n) is 3.88. The number of fused-ring (bicyclic) bond motifs is 1. The van der Waals surface area contributed by atoms with Crippen LogP contribution in [0.1, 0.15) is 25.4 Å². The van der Waals surface area contributed by atoms with E-state index in [9.17, 15) is 14.3 Å². The molecule has 6 heteroatoms. The van der Waals surface area contributed by atoms with E-state index in [1.165, 1.54) is 6.07 Å². The van der Waals surface area contributed by atoms with Crippen molar-refractivity contribution in [2.75, 3.05) is 12.1 Å². The lowest BCUT2D eigenvalue weighted by Crippen LogP contribution is -2.27. The van der Waals surface area contributed by atoms with Crippen molar-refractivity contribution in [3.8, 4) is 22.6 Å². The number of halogens is 1. The lowest BCUT2D eigenvalue weighted by Gasteiger charge is -2.17. The Morgan fingerprint density at radius 1 is 1.07 bits per heavy atom. The first-order chi connectivity index (χ1) is 14.6. The van der Waals surface area contributed by atoms with Gasteiger partial charge in [0.15, 0.2) is 11.5 Å². The maximum atomic E-state index is 14.5. The molecule has 5 rings (SSSR count). The van der Waals surface area contributed by atoms with Gasteiger partial charge in [-0.05, 0) is 65.9 Å². The Morgan fingerprint density at radius 2 is 1.90 bits per heavy atom. The Morgan fingerprint density at radius 3 is 2.70 bits per heavy atom. The molecular formula is C24H22FNO4. The number of amides is 1. The number of aliphatic hydroxyl groups excluding tert-OH is 1. The van der Waals surface area contributed by atoms with Gasteiger partial charge in [-0.1, -0.05) is 24.3 Å². The molecule has 1 saturated carbocycles. The van der Waals surface area contributed by atoms with E-state index in [-0.39, 0.29) is 26.6 Å². The summed E-state index contributed by atoms with van der Waals surface area (Å²) in [6.07, 6.45) is 1.48. The maximum absolute atomic E-state index is 14.5. The predicted octanol–water partition coefficient (Wildman–Crippen LogP) is 4.63. The Labute approximate surface area is 174 Å².